The van der Waals surface area contributed by atoms with E-state index in [0.717, 1.165) is 0 Å². The maximum atomic E-state index is 11.4. The zero-order chi connectivity index (χ0) is 10.6. The van der Waals surface area contributed by atoms with E-state index in [4.69, 9.17) is 22.1 Å². The number of nitrogens with zero attached hydrogens (tertiary/aromatic N) is 2. The maximum Gasteiger partial charge on any atom is 0.195 e. The molecule has 1 rings (SSSR count). The Bertz CT molecular complexity index is 411. The minimum Gasteiger partial charge on any atom is -0.291 e. The molecule has 14 heavy (non-hydrogen) atoms. The average molecular weight is 205 g/mol. The summed E-state index contributed by atoms with van der Waals surface area (Å²) in [6.45, 7) is 0. The predicted octanol–water partition coefficient (Wildman–Crippen LogP) is 2.19. The largest absolute Gasteiger partial charge is 0.291 e. The molecule has 0 atom stereocenters. The highest BCUT2D eigenvalue weighted by atomic mass is 35.5. The van der Waals surface area contributed by atoms with Crippen molar-refractivity contribution in [1.29, 1.82) is 10.5 Å². The van der Waals surface area contributed by atoms with Crippen molar-refractivity contribution < 1.29 is 4.79 Å². The Labute approximate surface area is 86.1 Å². The van der Waals surface area contributed by atoms with Gasteiger partial charge < -0.3 is 0 Å². The number of rotatable bonds is 2. The van der Waals surface area contributed by atoms with Crippen molar-refractivity contribution in [2.45, 2.75) is 0 Å². The first-order valence-corrected chi connectivity index (χ1v) is 4.16. The van der Waals surface area contributed by atoms with Gasteiger partial charge in [0.15, 0.2) is 11.7 Å². The first kappa shape index (κ1) is 10.2. The molecule has 4 heteroatoms. The van der Waals surface area contributed by atoms with Crippen LogP contribution >= 0.6 is 11.6 Å². The van der Waals surface area contributed by atoms with Crippen LogP contribution in [0.3, 0.4) is 0 Å². The second kappa shape index (κ2) is 4.41. The van der Waals surface area contributed by atoms with Gasteiger partial charge >= 0.3 is 0 Å². The fourth-order valence-corrected chi connectivity index (χ4v) is 1.05. The van der Waals surface area contributed by atoms with Gasteiger partial charge in [-0.2, -0.15) is 10.5 Å². The number of hydrogen-bond donors (Lipinski definition) is 0. The Hall–Kier alpha value is -1.84. The monoisotopic (exact) mass is 204 g/mol. The molecule has 0 aliphatic carbocycles. The lowest BCUT2D eigenvalue weighted by Crippen LogP contribution is -2.10. The van der Waals surface area contributed by atoms with Crippen molar-refractivity contribution in [2.24, 2.45) is 5.92 Å². The number of carbonyl (C=O) groups excluding carboxylic acids is 1. The fourth-order valence-electron chi connectivity index (χ4n) is 0.927. The van der Waals surface area contributed by atoms with Crippen LogP contribution in [-0.2, 0) is 0 Å². The van der Waals surface area contributed by atoms with Crippen molar-refractivity contribution in [3.63, 3.8) is 0 Å². The molecule has 0 bridgehead atoms. The average Bonchev–Trinajstić information content (AvgIpc) is 2.20. The number of carbonyl (C=O) groups is 1. The van der Waals surface area contributed by atoms with Gasteiger partial charge in [0.2, 0.25) is 0 Å². The molecule has 3 nitrogen and oxygen atoms in total. The molecule has 0 heterocycles. The lowest BCUT2D eigenvalue weighted by Gasteiger charge is -1.99. The minimum atomic E-state index is -1.24. The topological polar surface area (TPSA) is 64.7 Å². The van der Waals surface area contributed by atoms with E-state index >= 15 is 0 Å². The Morgan fingerprint density at radius 2 is 1.71 bits per heavy atom. The Balaban J connectivity index is 2.97. The van der Waals surface area contributed by atoms with Crippen LogP contribution in [0.4, 0.5) is 0 Å². The molecule has 0 saturated carbocycles. The molecular formula is C10H5ClN2O. The minimum absolute atomic E-state index is 0.322. The molecule has 1 aromatic carbocycles. The van der Waals surface area contributed by atoms with Gasteiger partial charge in [-0.05, 0) is 24.3 Å². The number of benzene rings is 1. The van der Waals surface area contributed by atoms with Gasteiger partial charge in [-0.15, -0.1) is 0 Å². The Morgan fingerprint density at radius 1 is 1.21 bits per heavy atom. The van der Waals surface area contributed by atoms with E-state index in [1.165, 1.54) is 12.1 Å². The van der Waals surface area contributed by atoms with Crippen LogP contribution in [0.5, 0.6) is 0 Å². The standard InChI is InChI=1S/C10H5ClN2O/c11-9-3-1-7(2-4-9)10(14)8(5-12)6-13/h1-4,8H. The second-order valence-electron chi connectivity index (χ2n) is 2.56. The summed E-state index contributed by atoms with van der Waals surface area (Å²) in [7, 11) is 0. The smallest absolute Gasteiger partial charge is 0.195 e. The molecule has 0 aliphatic heterocycles. The number of Topliss-reactive ketones (excluding diaryl/α,β-unsaturated/α-hetero) is 1. The molecule has 0 aromatic heterocycles. The van der Waals surface area contributed by atoms with Crippen LogP contribution in [0.1, 0.15) is 10.4 Å². The van der Waals surface area contributed by atoms with E-state index < -0.39 is 11.7 Å². The summed E-state index contributed by atoms with van der Waals surface area (Å²) in [6.07, 6.45) is 0. The summed E-state index contributed by atoms with van der Waals surface area (Å²) in [4.78, 5) is 11.4. The van der Waals surface area contributed by atoms with Gasteiger partial charge in [-0.3, -0.25) is 4.79 Å². The number of halogens is 1. The van der Waals surface area contributed by atoms with Gasteiger partial charge in [-0.25, -0.2) is 0 Å². The molecular weight excluding hydrogens is 200 g/mol. The fraction of sp³-hybridized carbons (Fsp3) is 0.100. The van der Waals surface area contributed by atoms with E-state index in [1.807, 2.05) is 0 Å². The van der Waals surface area contributed by atoms with Crippen molar-refractivity contribution in [3.05, 3.63) is 34.9 Å². The summed E-state index contributed by atoms with van der Waals surface area (Å²) in [5.41, 5.74) is 0.322. The zero-order valence-corrected chi connectivity index (χ0v) is 7.82. The van der Waals surface area contributed by atoms with Gasteiger partial charge in [0.1, 0.15) is 0 Å². The van der Waals surface area contributed by atoms with E-state index in [9.17, 15) is 4.79 Å². The van der Waals surface area contributed by atoms with Crippen molar-refractivity contribution >= 4 is 17.4 Å². The molecule has 0 N–H and O–H groups in total. The van der Waals surface area contributed by atoms with Crippen LogP contribution in [0, 0.1) is 28.6 Å². The Kier molecular flexibility index (Phi) is 3.23. The van der Waals surface area contributed by atoms with Crippen LogP contribution < -0.4 is 0 Å². The second-order valence-corrected chi connectivity index (χ2v) is 3.00. The van der Waals surface area contributed by atoms with Crippen LogP contribution in [0.15, 0.2) is 24.3 Å². The highest BCUT2D eigenvalue weighted by molar-refractivity contribution is 6.30. The van der Waals surface area contributed by atoms with Crippen LogP contribution in [-0.4, -0.2) is 5.78 Å². The molecule has 1 aromatic rings. The number of nitriles is 2. The molecule has 0 unspecified atom stereocenters. The van der Waals surface area contributed by atoms with Crippen LogP contribution in [0.2, 0.25) is 5.02 Å². The van der Waals surface area contributed by atoms with Gasteiger partial charge in [0.05, 0.1) is 12.1 Å². The SMILES string of the molecule is N#CC(C#N)C(=O)c1ccc(Cl)cc1. The highest BCUT2D eigenvalue weighted by Gasteiger charge is 2.18. The summed E-state index contributed by atoms with van der Waals surface area (Å²) in [6, 6.07) is 9.31. The molecule has 0 fully saturated rings. The van der Waals surface area contributed by atoms with E-state index in [-0.39, 0.29) is 0 Å². The normalized spacial score (nSPS) is 9.14. The van der Waals surface area contributed by atoms with Crippen molar-refractivity contribution in [2.75, 3.05) is 0 Å². The van der Waals surface area contributed by atoms with Crippen molar-refractivity contribution in [1.82, 2.24) is 0 Å². The predicted molar refractivity (Wildman–Crippen MR) is 50.5 cm³/mol. The van der Waals surface area contributed by atoms with E-state index in [1.54, 1.807) is 24.3 Å². The lowest BCUT2D eigenvalue weighted by molar-refractivity contribution is 0.0971. The number of ketones is 1. The van der Waals surface area contributed by atoms with Crippen LogP contribution in [0.25, 0.3) is 0 Å². The third kappa shape index (κ3) is 2.10. The Morgan fingerprint density at radius 3 is 2.14 bits per heavy atom. The van der Waals surface area contributed by atoms with Gasteiger partial charge in [0, 0.05) is 10.6 Å². The lowest BCUT2D eigenvalue weighted by atomic mass is 10.0. The highest BCUT2D eigenvalue weighted by Crippen LogP contribution is 2.12. The first-order chi connectivity index (χ1) is 6.69. The summed E-state index contributed by atoms with van der Waals surface area (Å²) < 4.78 is 0. The molecule has 0 radical (unpaired) electrons. The summed E-state index contributed by atoms with van der Waals surface area (Å²) in [5, 5.41) is 17.5. The zero-order valence-electron chi connectivity index (χ0n) is 7.07. The molecule has 0 aliphatic rings. The summed E-state index contributed by atoms with van der Waals surface area (Å²) in [5.74, 6) is -1.73. The third-order valence-corrected chi connectivity index (χ3v) is 1.90. The van der Waals surface area contributed by atoms with Gasteiger partial charge in [0.25, 0.3) is 0 Å². The maximum absolute atomic E-state index is 11.4. The molecule has 0 amide bonds. The quantitative estimate of drug-likeness (QED) is 0.694. The van der Waals surface area contributed by atoms with E-state index in [2.05, 4.69) is 0 Å². The third-order valence-electron chi connectivity index (χ3n) is 1.65. The van der Waals surface area contributed by atoms with Gasteiger partial charge in [-0.1, -0.05) is 11.6 Å². The van der Waals surface area contributed by atoms with Crippen molar-refractivity contribution in [3.8, 4) is 12.1 Å². The number of hydrogen-bond acceptors (Lipinski definition) is 3. The van der Waals surface area contributed by atoms with E-state index in [0.29, 0.717) is 10.6 Å². The molecule has 0 saturated heterocycles. The molecule has 68 valence electrons. The summed E-state index contributed by atoms with van der Waals surface area (Å²) >= 11 is 5.62. The first-order valence-electron chi connectivity index (χ1n) is 3.78. The molecule has 0 spiro atoms.